The number of aromatic nitrogens is 2. The van der Waals surface area contributed by atoms with Crippen molar-refractivity contribution in [2.45, 2.75) is 82.7 Å². The van der Waals surface area contributed by atoms with E-state index < -0.39 is 0 Å². The molecule has 0 N–H and O–H groups in total. The zero-order valence-electron chi connectivity index (χ0n) is 13.7. The van der Waals surface area contributed by atoms with Gasteiger partial charge in [0.15, 0.2) is 0 Å². The Morgan fingerprint density at radius 1 is 1.00 bits per heavy atom. The molecular weight excluding hydrogens is 220 g/mol. The first-order chi connectivity index (χ1) is 7.95. The van der Waals surface area contributed by atoms with Crippen LogP contribution in [0.3, 0.4) is 0 Å². The molecule has 18 heavy (non-hydrogen) atoms. The Bertz CT molecular complexity index is 228. The normalized spacial score (nSPS) is 8.00. The maximum atomic E-state index is 4.10. The van der Waals surface area contributed by atoms with Crippen molar-refractivity contribution in [3.8, 4) is 0 Å². The molecule has 0 saturated carbocycles. The second-order valence-corrected chi connectivity index (χ2v) is 4.21. The van der Waals surface area contributed by atoms with Gasteiger partial charge in [-0.1, -0.05) is 55.9 Å². The number of aryl methyl sites for hydroxylation is 1. The van der Waals surface area contributed by atoms with E-state index in [1.165, 1.54) is 0 Å². The van der Waals surface area contributed by atoms with Gasteiger partial charge in [0.05, 0.1) is 0 Å². The highest BCUT2D eigenvalue weighted by Gasteiger charge is 1.98. The standard InChI is InChI=1S/C7H12N2.C4H10.2C2H6.CH4.H2/c1-6(2)9-5-4-8-7(9)3;1-4(2)3;2*1-2;;/h4-6H,1-3H3;4H,1-3H3;2*1-2H3;1H4;1H/i;;;;;1+1. The van der Waals surface area contributed by atoms with Crippen LogP contribution in [0.5, 0.6) is 0 Å². The Morgan fingerprint density at radius 2 is 1.33 bits per heavy atom. The summed E-state index contributed by atoms with van der Waals surface area (Å²) in [7, 11) is 0. The van der Waals surface area contributed by atoms with Gasteiger partial charge in [-0.15, -0.1) is 0 Å². The van der Waals surface area contributed by atoms with E-state index in [4.69, 9.17) is 0 Å². The molecule has 2 nitrogen and oxygen atoms in total. The lowest BCUT2D eigenvalue weighted by Gasteiger charge is -2.07. The van der Waals surface area contributed by atoms with Crippen LogP contribution in [-0.2, 0) is 0 Å². The van der Waals surface area contributed by atoms with E-state index in [1.807, 2.05) is 47.0 Å². The molecule has 1 aromatic heterocycles. The second kappa shape index (κ2) is 18.6. The van der Waals surface area contributed by atoms with Crippen molar-refractivity contribution in [3.63, 3.8) is 0 Å². The van der Waals surface area contributed by atoms with Crippen molar-refractivity contribution < 1.29 is 1.43 Å². The van der Waals surface area contributed by atoms with Crippen LogP contribution in [-0.4, -0.2) is 9.55 Å². The molecule has 0 radical (unpaired) electrons. The smallest absolute Gasteiger partial charge is 0.105 e. The van der Waals surface area contributed by atoms with Gasteiger partial charge in [-0.2, -0.15) is 0 Å². The molecule has 1 aromatic rings. The molecule has 1 heterocycles. The Morgan fingerprint density at radius 3 is 1.44 bits per heavy atom. The lowest BCUT2D eigenvalue weighted by Crippen LogP contribution is -2.00. The first-order valence-corrected chi connectivity index (χ1v) is 6.94. The highest BCUT2D eigenvalue weighted by Crippen LogP contribution is 2.05. The quantitative estimate of drug-likeness (QED) is 0.574. The molecule has 0 saturated heterocycles. The molecule has 0 aromatic carbocycles. The van der Waals surface area contributed by atoms with E-state index >= 15 is 0 Å². The van der Waals surface area contributed by atoms with Gasteiger partial charge < -0.3 is 4.57 Å². The summed E-state index contributed by atoms with van der Waals surface area (Å²) < 4.78 is 2.14. The van der Waals surface area contributed by atoms with E-state index in [9.17, 15) is 0 Å². The summed E-state index contributed by atoms with van der Waals surface area (Å²) >= 11 is 0. The monoisotopic (exact) mass is 261 g/mol. The number of nitrogens with zero attached hydrogens (tertiary/aromatic N) is 2. The summed E-state index contributed by atoms with van der Waals surface area (Å²) in [5, 5.41) is 0. The first kappa shape index (κ1) is 25.9. The van der Waals surface area contributed by atoms with E-state index in [-0.39, 0.29) is 8.85 Å². The molecule has 0 aliphatic heterocycles. The van der Waals surface area contributed by atoms with Crippen LogP contribution >= 0.6 is 0 Å². The third kappa shape index (κ3) is 17.6. The Kier molecular flexibility index (Phi) is 26.7. The summed E-state index contributed by atoms with van der Waals surface area (Å²) in [6.45, 7) is 20.8. The SMILES string of the molecule is C.CC.CC.CC(C)C.Cc1nccn1C(C)C.[2HH]. The van der Waals surface area contributed by atoms with Crippen molar-refractivity contribution in [2.75, 3.05) is 0 Å². The van der Waals surface area contributed by atoms with Gasteiger partial charge in [0.2, 0.25) is 0 Å². The van der Waals surface area contributed by atoms with Gasteiger partial charge in [-0.25, -0.2) is 4.98 Å². The van der Waals surface area contributed by atoms with Gasteiger partial charge in [-0.05, 0) is 26.7 Å². The Hall–Kier alpha value is -0.790. The summed E-state index contributed by atoms with van der Waals surface area (Å²) in [5.41, 5.74) is 0. The topological polar surface area (TPSA) is 17.8 Å². The van der Waals surface area contributed by atoms with Crippen molar-refractivity contribution >= 4 is 0 Å². The molecule has 0 fully saturated rings. The Balaban J connectivity index is -0.0000000568. The zero-order valence-corrected chi connectivity index (χ0v) is 13.7. The van der Waals surface area contributed by atoms with Crippen LogP contribution in [0.4, 0.5) is 0 Å². The van der Waals surface area contributed by atoms with Crippen molar-refractivity contribution in [2.24, 2.45) is 5.92 Å². The van der Waals surface area contributed by atoms with Crippen molar-refractivity contribution in [1.82, 2.24) is 9.55 Å². The van der Waals surface area contributed by atoms with E-state index in [0.717, 1.165) is 11.7 Å². The molecule has 2 heteroatoms. The summed E-state index contributed by atoms with van der Waals surface area (Å²) in [6.07, 6.45) is 3.83. The van der Waals surface area contributed by atoms with Gasteiger partial charge in [-0.3, -0.25) is 0 Å². The molecule has 0 amide bonds. The molecule has 0 aliphatic carbocycles. The number of imidazole rings is 1. The molecule has 0 atom stereocenters. The lowest BCUT2D eigenvalue weighted by molar-refractivity contribution is 0.582. The van der Waals surface area contributed by atoms with Crippen LogP contribution in [0.1, 0.15) is 83.0 Å². The third-order valence-electron chi connectivity index (χ3n) is 1.42. The molecule has 0 spiro atoms. The van der Waals surface area contributed by atoms with Gasteiger partial charge in [0.1, 0.15) is 5.82 Å². The molecule has 114 valence electrons. The minimum absolute atomic E-state index is 0. The minimum Gasteiger partial charge on any atom is -0.333 e. The fourth-order valence-corrected chi connectivity index (χ4v) is 0.933. The van der Waals surface area contributed by atoms with Crippen LogP contribution in [0, 0.1) is 12.8 Å². The second-order valence-electron chi connectivity index (χ2n) is 4.21. The lowest BCUT2D eigenvalue weighted by atomic mass is 10.3. The predicted molar refractivity (Wildman–Crippen MR) is 89.4 cm³/mol. The average molecular weight is 262 g/mol. The van der Waals surface area contributed by atoms with Crippen LogP contribution in [0.2, 0.25) is 0 Å². The maximum absolute atomic E-state index is 4.10. The Labute approximate surface area is 118 Å². The van der Waals surface area contributed by atoms with Crippen molar-refractivity contribution in [1.29, 1.82) is 0 Å². The number of hydrogen-bond acceptors (Lipinski definition) is 1. The summed E-state index contributed by atoms with van der Waals surface area (Å²) in [5.74, 6) is 1.92. The van der Waals surface area contributed by atoms with Crippen LogP contribution < -0.4 is 0 Å². The molecule has 0 bridgehead atoms. The molecular formula is C16H40N2. The third-order valence-corrected chi connectivity index (χ3v) is 1.42. The zero-order chi connectivity index (χ0) is 14.4. The number of rotatable bonds is 1. The first-order valence-electron chi connectivity index (χ1n) is 6.94. The largest absolute Gasteiger partial charge is 0.333 e. The van der Waals surface area contributed by atoms with E-state index in [2.05, 4.69) is 44.2 Å². The highest BCUT2D eigenvalue weighted by molar-refractivity contribution is 4.90. The molecule has 0 aliphatic rings. The summed E-state index contributed by atoms with van der Waals surface area (Å²) in [4.78, 5) is 4.10. The van der Waals surface area contributed by atoms with E-state index in [0.29, 0.717) is 6.04 Å². The maximum Gasteiger partial charge on any atom is 0.105 e. The number of hydrogen-bond donors (Lipinski definition) is 0. The van der Waals surface area contributed by atoms with Crippen molar-refractivity contribution in [3.05, 3.63) is 18.2 Å². The van der Waals surface area contributed by atoms with E-state index in [1.54, 1.807) is 0 Å². The van der Waals surface area contributed by atoms with Gasteiger partial charge in [0.25, 0.3) is 0 Å². The van der Waals surface area contributed by atoms with Crippen LogP contribution in [0.15, 0.2) is 12.4 Å². The minimum atomic E-state index is 0. The predicted octanol–water partition coefficient (Wildman–Crippen LogP) is 6.37. The highest BCUT2D eigenvalue weighted by atomic mass is 15.1. The molecule has 1 rings (SSSR count). The fourth-order valence-electron chi connectivity index (χ4n) is 0.933. The summed E-state index contributed by atoms with van der Waals surface area (Å²) in [6, 6.07) is 0.535. The average Bonchev–Trinajstić information content (AvgIpc) is 2.70. The molecule has 0 unspecified atom stereocenters. The van der Waals surface area contributed by atoms with Gasteiger partial charge >= 0.3 is 0 Å². The van der Waals surface area contributed by atoms with Gasteiger partial charge in [0, 0.05) is 19.9 Å². The van der Waals surface area contributed by atoms with Crippen LogP contribution in [0.25, 0.3) is 0 Å². The fraction of sp³-hybridized carbons (Fsp3) is 0.812.